The van der Waals surface area contributed by atoms with Gasteiger partial charge in [0, 0.05) is 17.3 Å². The van der Waals surface area contributed by atoms with Crippen LogP contribution in [0.3, 0.4) is 0 Å². The van der Waals surface area contributed by atoms with Crippen molar-refractivity contribution in [2.24, 2.45) is 0 Å². The molecule has 0 aliphatic carbocycles. The van der Waals surface area contributed by atoms with Crippen LogP contribution < -0.4 is 0 Å². The second kappa shape index (κ2) is 9.70. The van der Waals surface area contributed by atoms with E-state index in [1.807, 2.05) is 34.9 Å². The van der Waals surface area contributed by atoms with Gasteiger partial charge in [0.15, 0.2) is 0 Å². The van der Waals surface area contributed by atoms with Crippen molar-refractivity contribution in [2.45, 2.75) is 46.5 Å². The van der Waals surface area contributed by atoms with Gasteiger partial charge in [0.05, 0.1) is 5.69 Å². The summed E-state index contributed by atoms with van der Waals surface area (Å²) >= 11 is 0. The number of hydrogen-bond acceptors (Lipinski definition) is 2. The number of fused-ring (bicyclic) bond motifs is 1. The number of aryl methyl sites for hydroxylation is 2. The maximum absolute atomic E-state index is 13.2. The van der Waals surface area contributed by atoms with E-state index in [4.69, 9.17) is 0 Å². The lowest BCUT2D eigenvalue weighted by molar-refractivity contribution is 0.103. The molecule has 0 saturated carbocycles. The summed E-state index contributed by atoms with van der Waals surface area (Å²) in [6, 6.07) is 16.4. The molecule has 28 heavy (non-hydrogen) atoms. The van der Waals surface area contributed by atoms with Crippen LogP contribution in [0, 0.1) is 0 Å². The molecule has 0 bridgehead atoms. The van der Waals surface area contributed by atoms with Gasteiger partial charge < -0.3 is 9.30 Å². The van der Waals surface area contributed by atoms with E-state index in [0.717, 1.165) is 54.7 Å². The lowest BCUT2D eigenvalue weighted by Crippen LogP contribution is -2.25. The second-order valence-corrected chi connectivity index (χ2v) is 7.43. The van der Waals surface area contributed by atoms with Gasteiger partial charge in [-0.25, -0.2) is 0 Å². The Balaban J connectivity index is 1.71. The fraction of sp³-hybridized carbons (Fsp3) is 0.400. The highest BCUT2D eigenvalue weighted by Crippen LogP contribution is 2.21. The first-order chi connectivity index (χ1) is 13.7. The largest absolute Gasteiger partial charge is 0.313 e. The first kappa shape index (κ1) is 20.3. The molecule has 3 nitrogen and oxygen atoms in total. The summed E-state index contributed by atoms with van der Waals surface area (Å²) in [5, 5.41) is 0. The predicted octanol–water partition coefficient (Wildman–Crippen LogP) is 5.40. The van der Waals surface area contributed by atoms with Gasteiger partial charge in [0.1, 0.15) is 0 Å². The number of rotatable bonds is 10. The Hall–Kier alpha value is -2.39. The Morgan fingerprint density at radius 1 is 1.00 bits per heavy atom. The molecule has 0 saturated heterocycles. The third kappa shape index (κ3) is 4.53. The molecule has 0 amide bonds. The van der Waals surface area contributed by atoms with Gasteiger partial charge in [-0.3, -0.25) is 4.79 Å². The lowest BCUT2D eigenvalue weighted by atomic mass is 10.0. The second-order valence-electron chi connectivity index (χ2n) is 7.43. The van der Waals surface area contributed by atoms with E-state index in [0.29, 0.717) is 0 Å². The summed E-state index contributed by atoms with van der Waals surface area (Å²) in [7, 11) is 0. The fourth-order valence-corrected chi connectivity index (χ4v) is 3.91. The molecule has 0 aliphatic rings. The Morgan fingerprint density at radius 3 is 2.46 bits per heavy atom. The summed E-state index contributed by atoms with van der Waals surface area (Å²) in [5.74, 6) is 0.106. The number of hydrogen-bond donors (Lipinski definition) is 0. The third-order valence-corrected chi connectivity index (χ3v) is 5.50. The van der Waals surface area contributed by atoms with Gasteiger partial charge in [0.2, 0.25) is 5.78 Å². The molecule has 2 aromatic heterocycles. The molecular weight excluding hydrogens is 344 g/mol. The van der Waals surface area contributed by atoms with Crippen molar-refractivity contribution >= 4 is 11.3 Å². The minimum Gasteiger partial charge on any atom is -0.313 e. The monoisotopic (exact) mass is 376 g/mol. The number of benzene rings is 1. The van der Waals surface area contributed by atoms with Crippen molar-refractivity contribution < 1.29 is 4.79 Å². The van der Waals surface area contributed by atoms with Crippen molar-refractivity contribution in [2.75, 3.05) is 19.6 Å². The Labute approximate surface area is 169 Å². The van der Waals surface area contributed by atoms with Gasteiger partial charge in [-0.1, -0.05) is 51.1 Å². The molecule has 0 fully saturated rings. The first-order valence-corrected chi connectivity index (χ1v) is 10.6. The van der Waals surface area contributed by atoms with Gasteiger partial charge in [-0.15, -0.1) is 0 Å². The van der Waals surface area contributed by atoms with Crippen molar-refractivity contribution in [3.05, 3.63) is 77.1 Å². The topological polar surface area (TPSA) is 24.7 Å². The van der Waals surface area contributed by atoms with E-state index >= 15 is 0 Å². The standard InChI is InChI=1S/C25H32N2O/c1-4-16-26(6-3)17-9-10-20-12-14-22(15-13-20)25(28)24-21(5-2)19-23-11-7-8-18-27(23)24/h7-8,11-15,18-19H,4-6,9-10,16-17H2,1-3H3. The zero-order chi connectivity index (χ0) is 19.9. The molecule has 148 valence electrons. The average molecular weight is 377 g/mol. The van der Waals surface area contributed by atoms with Crippen LogP contribution in [-0.2, 0) is 12.8 Å². The van der Waals surface area contributed by atoms with Crippen LogP contribution in [0.1, 0.15) is 60.8 Å². The molecule has 0 spiro atoms. The SMILES string of the molecule is CCCN(CC)CCCc1ccc(C(=O)c2c(CC)cc3ccccn23)cc1. The molecule has 3 heteroatoms. The number of aromatic nitrogens is 1. The summed E-state index contributed by atoms with van der Waals surface area (Å²) < 4.78 is 2.02. The zero-order valence-corrected chi connectivity index (χ0v) is 17.4. The minimum absolute atomic E-state index is 0.106. The van der Waals surface area contributed by atoms with E-state index in [1.165, 1.54) is 18.5 Å². The predicted molar refractivity (Wildman–Crippen MR) is 117 cm³/mol. The molecule has 0 radical (unpaired) electrons. The summed E-state index contributed by atoms with van der Waals surface area (Å²) in [4.78, 5) is 15.7. The Bertz CT molecular complexity index is 908. The number of carbonyl (C=O) groups excluding carboxylic acids is 1. The minimum atomic E-state index is 0.106. The lowest BCUT2D eigenvalue weighted by Gasteiger charge is -2.19. The van der Waals surface area contributed by atoms with E-state index in [2.05, 4.69) is 49.9 Å². The van der Waals surface area contributed by atoms with Crippen molar-refractivity contribution in [3.63, 3.8) is 0 Å². The fourth-order valence-electron chi connectivity index (χ4n) is 3.91. The molecule has 0 N–H and O–H groups in total. The van der Waals surface area contributed by atoms with Gasteiger partial charge in [-0.2, -0.15) is 0 Å². The molecule has 0 atom stereocenters. The van der Waals surface area contributed by atoms with Crippen molar-refractivity contribution in [3.8, 4) is 0 Å². The third-order valence-electron chi connectivity index (χ3n) is 5.50. The Morgan fingerprint density at radius 2 is 1.79 bits per heavy atom. The number of nitrogens with zero attached hydrogens (tertiary/aromatic N) is 2. The molecule has 2 heterocycles. The molecule has 0 aliphatic heterocycles. The zero-order valence-electron chi connectivity index (χ0n) is 17.4. The molecule has 3 rings (SSSR count). The van der Waals surface area contributed by atoms with E-state index in [-0.39, 0.29) is 5.78 Å². The van der Waals surface area contributed by atoms with Crippen LogP contribution in [0.5, 0.6) is 0 Å². The van der Waals surface area contributed by atoms with Crippen molar-refractivity contribution in [1.29, 1.82) is 0 Å². The number of carbonyl (C=O) groups is 1. The maximum Gasteiger partial charge on any atom is 0.210 e. The van der Waals surface area contributed by atoms with Gasteiger partial charge in [-0.05, 0) is 74.6 Å². The van der Waals surface area contributed by atoms with Gasteiger partial charge in [0.25, 0.3) is 0 Å². The molecule has 3 aromatic rings. The normalized spacial score (nSPS) is 11.4. The summed E-state index contributed by atoms with van der Waals surface area (Å²) in [6.45, 7) is 10.00. The first-order valence-electron chi connectivity index (χ1n) is 10.6. The summed E-state index contributed by atoms with van der Waals surface area (Å²) in [5.41, 5.74) is 5.05. The summed E-state index contributed by atoms with van der Waals surface area (Å²) in [6.07, 6.45) is 6.25. The highest BCUT2D eigenvalue weighted by atomic mass is 16.1. The van der Waals surface area contributed by atoms with Crippen LogP contribution in [0.15, 0.2) is 54.7 Å². The quantitative estimate of drug-likeness (QED) is 0.443. The van der Waals surface area contributed by atoms with Gasteiger partial charge >= 0.3 is 0 Å². The van der Waals surface area contributed by atoms with Crippen LogP contribution in [0.4, 0.5) is 0 Å². The van der Waals surface area contributed by atoms with Crippen molar-refractivity contribution in [1.82, 2.24) is 9.30 Å². The van der Waals surface area contributed by atoms with Crippen LogP contribution in [0.25, 0.3) is 5.52 Å². The number of pyridine rings is 1. The highest BCUT2D eigenvalue weighted by Gasteiger charge is 2.18. The maximum atomic E-state index is 13.2. The van der Waals surface area contributed by atoms with E-state index in [9.17, 15) is 4.79 Å². The Kier molecular flexibility index (Phi) is 7.05. The molecule has 1 aromatic carbocycles. The molecular formula is C25H32N2O. The average Bonchev–Trinajstić information content (AvgIpc) is 3.11. The molecule has 0 unspecified atom stereocenters. The van der Waals surface area contributed by atoms with Crippen LogP contribution in [0.2, 0.25) is 0 Å². The van der Waals surface area contributed by atoms with E-state index in [1.54, 1.807) is 0 Å². The van der Waals surface area contributed by atoms with Crippen LogP contribution in [-0.4, -0.2) is 34.7 Å². The number of ketones is 1. The smallest absolute Gasteiger partial charge is 0.210 e. The van der Waals surface area contributed by atoms with E-state index < -0.39 is 0 Å². The highest BCUT2D eigenvalue weighted by molar-refractivity contribution is 6.09. The van der Waals surface area contributed by atoms with Crippen LogP contribution >= 0.6 is 0 Å².